The number of carbonyl (C=O) groups excluding carboxylic acids is 2. The van der Waals surface area contributed by atoms with Crippen molar-refractivity contribution in [1.29, 1.82) is 0 Å². The molecule has 1 heterocycles. The van der Waals surface area contributed by atoms with Crippen LogP contribution >= 0.6 is 0 Å². The van der Waals surface area contributed by atoms with Gasteiger partial charge in [0.25, 0.3) is 5.91 Å². The molecule has 0 bridgehead atoms. The third-order valence-electron chi connectivity index (χ3n) is 2.89. The van der Waals surface area contributed by atoms with E-state index in [9.17, 15) is 18.4 Å². The first-order chi connectivity index (χ1) is 7.86. The molecular weight excluding hydrogens is 230 g/mol. The number of amides is 3. The Kier molecular flexibility index (Phi) is 2.38. The van der Waals surface area contributed by atoms with Gasteiger partial charge in [-0.15, -0.1) is 0 Å². The molecule has 3 amide bonds. The van der Waals surface area contributed by atoms with E-state index in [1.807, 2.05) is 0 Å². The molecule has 90 valence electrons. The van der Waals surface area contributed by atoms with Gasteiger partial charge in [-0.3, -0.25) is 9.69 Å². The number of rotatable bonds is 1. The number of urea groups is 1. The molecule has 1 aromatic rings. The first kappa shape index (κ1) is 11.5. The lowest BCUT2D eigenvalue weighted by Crippen LogP contribution is -2.40. The van der Waals surface area contributed by atoms with Crippen molar-refractivity contribution < 1.29 is 18.4 Å². The van der Waals surface area contributed by atoms with Crippen LogP contribution in [0.4, 0.5) is 13.6 Å². The molecule has 17 heavy (non-hydrogen) atoms. The molecule has 1 aliphatic rings. The fourth-order valence-corrected chi connectivity index (χ4v) is 1.78. The summed E-state index contributed by atoms with van der Waals surface area (Å²) in [7, 11) is 1.32. The molecule has 0 radical (unpaired) electrons. The fourth-order valence-electron chi connectivity index (χ4n) is 1.78. The van der Waals surface area contributed by atoms with Gasteiger partial charge in [0.1, 0.15) is 5.54 Å². The molecule has 1 aliphatic heterocycles. The molecule has 0 saturated carbocycles. The number of halogens is 2. The minimum absolute atomic E-state index is 0.208. The molecule has 1 atom stereocenters. The second kappa shape index (κ2) is 3.51. The van der Waals surface area contributed by atoms with Crippen LogP contribution in [0.25, 0.3) is 0 Å². The molecule has 0 aromatic heterocycles. The van der Waals surface area contributed by atoms with Gasteiger partial charge in [-0.25, -0.2) is 13.6 Å². The fraction of sp³-hybridized carbons (Fsp3) is 0.273. The minimum atomic E-state index is -1.35. The highest BCUT2D eigenvalue weighted by molar-refractivity contribution is 6.06. The third kappa shape index (κ3) is 1.56. The van der Waals surface area contributed by atoms with E-state index in [2.05, 4.69) is 5.32 Å². The Morgan fingerprint density at radius 1 is 1.24 bits per heavy atom. The molecule has 1 fully saturated rings. The van der Waals surface area contributed by atoms with Gasteiger partial charge in [0.15, 0.2) is 11.6 Å². The highest BCUT2D eigenvalue weighted by Gasteiger charge is 2.47. The lowest BCUT2D eigenvalue weighted by atomic mass is 9.92. The Morgan fingerprint density at radius 2 is 1.88 bits per heavy atom. The summed E-state index contributed by atoms with van der Waals surface area (Å²) in [5.74, 6) is -2.56. The number of hydrogen-bond donors (Lipinski definition) is 1. The molecule has 0 aliphatic carbocycles. The molecular formula is C11H10F2N2O2. The first-order valence-electron chi connectivity index (χ1n) is 4.92. The van der Waals surface area contributed by atoms with Crippen LogP contribution in [-0.4, -0.2) is 23.9 Å². The molecule has 1 N–H and O–H groups in total. The Hall–Kier alpha value is -1.98. The molecule has 1 unspecified atom stereocenters. The van der Waals surface area contributed by atoms with Crippen LogP contribution in [0.2, 0.25) is 0 Å². The predicted octanol–water partition coefficient (Wildman–Crippen LogP) is 1.36. The summed E-state index contributed by atoms with van der Waals surface area (Å²) in [6.07, 6.45) is 0. The maximum Gasteiger partial charge on any atom is 0.325 e. The van der Waals surface area contributed by atoms with Crippen LogP contribution in [0.5, 0.6) is 0 Å². The largest absolute Gasteiger partial charge is 0.325 e. The van der Waals surface area contributed by atoms with Gasteiger partial charge < -0.3 is 5.32 Å². The van der Waals surface area contributed by atoms with E-state index in [1.54, 1.807) is 0 Å². The summed E-state index contributed by atoms with van der Waals surface area (Å²) in [4.78, 5) is 24.1. The zero-order chi connectivity index (χ0) is 12.8. The monoisotopic (exact) mass is 240 g/mol. The van der Waals surface area contributed by atoms with Crippen LogP contribution in [0.15, 0.2) is 18.2 Å². The quantitative estimate of drug-likeness (QED) is 0.753. The van der Waals surface area contributed by atoms with Crippen LogP contribution in [0.1, 0.15) is 12.5 Å². The summed E-state index contributed by atoms with van der Waals surface area (Å²) in [5, 5.41) is 2.44. The topological polar surface area (TPSA) is 49.4 Å². The van der Waals surface area contributed by atoms with Gasteiger partial charge in [0.05, 0.1) is 0 Å². The second-order valence-electron chi connectivity index (χ2n) is 4.05. The molecule has 1 aromatic carbocycles. The Labute approximate surface area is 96.2 Å². The van der Waals surface area contributed by atoms with E-state index in [4.69, 9.17) is 0 Å². The average molecular weight is 240 g/mol. The number of benzene rings is 1. The van der Waals surface area contributed by atoms with Gasteiger partial charge in [0, 0.05) is 7.05 Å². The van der Waals surface area contributed by atoms with Gasteiger partial charge in [-0.2, -0.15) is 0 Å². The van der Waals surface area contributed by atoms with Gasteiger partial charge in [-0.1, -0.05) is 6.07 Å². The van der Waals surface area contributed by atoms with E-state index in [-0.39, 0.29) is 5.56 Å². The summed E-state index contributed by atoms with van der Waals surface area (Å²) in [5.41, 5.74) is -1.14. The van der Waals surface area contributed by atoms with E-state index in [0.717, 1.165) is 17.0 Å². The van der Waals surface area contributed by atoms with Crippen molar-refractivity contribution in [2.75, 3.05) is 7.05 Å². The number of nitrogens with zero attached hydrogens (tertiary/aromatic N) is 1. The van der Waals surface area contributed by atoms with Gasteiger partial charge >= 0.3 is 6.03 Å². The average Bonchev–Trinajstić information content (AvgIpc) is 2.48. The van der Waals surface area contributed by atoms with Gasteiger partial charge in [-0.05, 0) is 24.6 Å². The van der Waals surface area contributed by atoms with Crippen LogP contribution in [0, 0.1) is 11.6 Å². The van der Waals surface area contributed by atoms with Crippen LogP contribution < -0.4 is 5.32 Å². The standard InChI is InChI=1S/C11H10F2N2O2/c1-11(9(16)15(2)10(17)14-11)6-3-4-7(12)8(13)5-6/h3-5H,1-2H3,(H,14,17). The summed E-state index contributed by atoms with van der Waals surface area (Å²) < 4.78 is 25.9. The number of imide groups is 1. The number of carbonyl (C=O) groups is 2. The lowest BCUT2D eigenvalue weighted by molar-refractivity contribution is -0.130. The highest BCUT2D eigenvalue weighted by atomic mass is 19.2. The highest BCUT2D eigenvalue weighted by Crippen LogP contribution is 2.28. The van der Waals surface area contributed by atoms with Crippen molar-refractivity contribution in [2.45, 2.75) is 12.5 Å². The van der Waals surface area contributed by atoms with Crippen molar-refractivity contribution in [2.24, 2.45) is 0 Å². The zero-order valence-corrected chi connectivity index (χ0v) is 9.25. The second-order valence-corrected chi connectivity index (χ2v) is 4.05. The van der Waals surface area contributed by atoms with E-state index < -0.39 is 29.1 Å². The molecule has 2 rings (SSSR count). The zero-order valence-electron chi connectivity index (χ0n) is 9.25. The van der Waals surface area contributed by atoms with Crippen molar-refractivity contribution in [1.82, 2.24) is 10.2 Å². The van der Waals surface area contributed by atoms with E-state index in [0.29, 0.717) is 0 Å². The molecule has 0 spiro atoms. The number of nitrogens with one attached hydrogen (secondary N) is 1. The maximum absolute atomic E-state index is 13.1. The summed E-state index contributed by atoms with van der Waals surface area (Å²) in [6.45, 7) is 1.45. The normalized spacial score (nSPS) is 24.1. The van der Waals surface area contributed by atoms with E-state index in [1.165, 1.54) is 20.0 Å². The first-order valence-corrected chi connectivity index (χ1v) is 4.92. The Balaban J connectivity index is 2.49. The van der Waals surface area contributed by atoms with Crippen LogP contribution in [-0.2, 0) is 10.3 Å². The Bertz CT molecular complexity index is 518. The van der Waals surface area contributed by atoms with E-state index >= 15 is 0 Å². The Morgan fingerprint density at radius 3 is 2.35 bits per heavy atom. The smallest absolute Gasteiger partial charge is 0.319 e. The third-order valence-corrected chi connectivity index (χ3v) is 2.89. The molecule has 1 saturated heterocycles. The SMILES string of the molecule is CN1C(=O)NC(C)(c2ccc(F)c(F)c2)C1=O. The summed E-state index contributed by atoms with van der Waals surface area (Å²) in [6, 6.07) is 2.54. The number of hydrogen-bond acceptors (Lipinski definition) is 2. The number of likely N-dealkylation sites (N-methyl/N-ethyl adjacent to an activating group) is 1. The van der Waals surface area contributed by atoms with Crippen LogP contribution in [0.3, 0.4) is 0 Å². The maximum atomic E-state index is 13.1. The summed E-state index contributed by atoms with van der Waals surface area (Å²) >= 11 is 0. The molecule has 4 nitrogen and oxygen atoms in total. The van der Waals surface area contributed by atoms with Crippen molar-refractivity contribution in [3.8, 4) is 0 Å². The predicted molar refractivity (Wildman–Crippen MR) is 55.0 cm³/mol. The van der Waals surface area contributed by atoms with Crippen molar-refractivity contribution >= 4 is 11.9 Å². The van der Waals surface area contributed by atoms with Crippen molar-refractivity contribution in [3.05, 3.63) is 35.4 Å². The minimum Gasteiger partial charge on any atom is -0.319 e. The van der Waals surface area contributed by atoms with Crippen molar-refractivity contribution in [3.63, 3.8) is 0 Å². The lowest BCUT2D eigenvalue weighted by Gasteiger charge is -2.21. The molecule has 6 heteroatoms. The van der Waals surface area contributed by atoms with Gasteiger partial charge in [0.2, 0.25) is 0 Å².